The van der Waals surface area contributed by atoms with Crippen molar-refractivity contribution in [2.45, 2.75) is 26.7 Å². The summed E-state index contributed by atoms with van der Waals surface area (Å²) in [6.07, 6.45) is 1.95. The number of nitrogens with zero attached hydrogens (tertiary/aromatic N) is 1. The van der Waals surface area contributed by atoms with Gasteiger partial charge in [-0.3, -0.25) is 0 Å². The number of rotatable bonds is 4. The molecule has 1 aromatic carbocycles. The highest BCUT2D eigenvalue weighted by molar-refractivity contribution is 7.71. The van der Waals surface area contributed by atoms with Crippen LogP contribution in [0.15, 0.2) is 24.3 Å². The van der Waals surface area contributed by atoms with Gasteiger partial charge in [-0.25, -0.2) is 4.98 Å². The van der Waals surface area contributed by atoms with Crippen molar-refractivity contribution in [1.29, 1.82) is 0 Å². The quantitative estimate of drug-likeness (QED) is 0.854. The lowest BCUT2D eigenvalue weighted by molar-refractivity contribution is 0.414. The lowest BCUT2D eigenvalue weighted by Crippen LogP contribution is -1.98. The van der Waals surface area contributed by atoms with E-state index in [0.29, 0.717) is 4.64 Å². The molecule has 2 aromatic rings. The number of ether oxygens (including phenoxy) is 1. The molecule has 0 atom stereocenters. The summed E-state index contributed by atoms with van der Waals surface area (Å²) in [5, 5.41) is 0. The van der Waals surface area contributed by atoms with Crippen LogP contribution in [-0.4, -0.2) is 17.1 Å². The zero-order valence-electron chi connectivity index (χ0n) is 11.5. The summed E-state index contributed by atoms with van der Waals surface area (Å²) in [5.74, 6) is 1.81. The Morgan fingerprint density at radius 3 is 2.74 bits per heavy atom. The fourth-order valence-corrected chi connectivity index (χ4v) is 2.30. The Morgan fingerprint density at radius 2 is 2.11 bits per heavy atom. The van der Waals surface area contributed by atoms with Gasteiger partial charge in [0.2, 0.25) is 0 Å². The van der Waals surface area contributed by atoms with E-state index in [9.17, 15) is 0 Å². The number of benzene rings is 1. The third-order valence-electron chi connectivity index (χ3n) is 3.00. The SMILES string of the molecule is CCCc1nc(=S)cc(-c2ccc(OC)cc2C)[nH]1. The fourth-order valence-electron chi connectivity index (χ4n) is 2.07. The molecule has 0 aliphatic rings. The maximum atomic E-state index is 5.24. The van der Waals surface area contributed by atoms with Crippen LogP contribution in [0.1, 0.15) is 24.7 Å². The van der Waals surface area contributed by atoms with Crippen LogP contribution in [0.4, 0.5) is 0 Å². The van der Waals surface area contributed by atoms with Crippen LogP contribution < -0.4 is 4.74 Å². The zero-order valence-corrected chi connectivity index (χ0v) is 12.3. The van der Waals surface area contributed by atoms with E-state index < -0.39 is 0 Å². The molecule has 2 rings (SSSR count). The van der Waals surface area contributed by atoms with Crippen LogP contribution in [0.3, 0.4) is 0 Å². The molecule has 0 aliphatic carbocycles. The van der Waals surface area contributed by atoms with E-state index in [2.05, 4.69) is 23.8 Å². The van der Waals surface area contributed by atoms with Gasteiger partial charge < -0.3 is 9.72 Å². The Bertz CT molecular complexity index is 634. The van der Waals surface area contributed by atoms with Crippen LogP contribution in [0.25, 0.3) is 11.3 Å². The molecule has 0 fully saturated rings. The number of hydrogen-bond donors (Lipinski definition) is 1. The second-order valence-electron chi connectivity index (χ2n) is 4.51. The summed E-state index contributed by atoms with van der Waals surface area (Å²) < 4.78 is 5.86. The molecule has 0 unspecified atom stereocenters. The summed E-state index contributed by atoms with van der Waals surface area (Å²) >= 11 is 5.24. The van der Waals surface area contributed by atoms with Gasteiger partial charge in [-0.05, 0) is 43.2 Å². The third kappa shape index (κ3) is 3.20. The third-order valence-corrected chi connectivity index (χ3v) is 3.21. The molecule has 100 valence electrons. The summed E-state index contributed by atoms with van der Waals surface area (Å²) in [7, 11) is 1.67. The summed E-state index contributed by atoms with van der Waals surface area (Å²) in [4.78, 5) is 7.71. The first-order chi connectivity index (χ1) is 9.13. The van der Waals surface area contributed by atoms with Gasteiger partial charge in [0.15, 0.2) is 0 Å². The van der Waals surface area contributed by atoms with Gasteiger partial charge in [0.05, 0.1) is 7.11 Å². The minimum absolute atomic E-state index is 0.632. The molecule has 0 bridgehead atoms. The molecule has 0 saturated heterocycles. The number of H-pyrrole nitrogens is 1. The van der Waals surface area contributed by atoms with Gasteiger partial charge in [-0.15, -0.1) is 0 Å². The van der Waals surface area contributed by atoms with Crippen molar-refractivity contribution in [1.82, 2.24) is 9.97 Å². The molecule has 0 amide bonds. The van der Waals surface area contributed by atoms with Gasteiger partial charge in [0.25, 0.3) is 0 Å². The van der Waals surface area contributed by atoms with E-state index in [1.807, 2.05) is 24.3 Å². The fraction of sp³-hybridized carbons (Fsp3) is 0.333. The van der Waals surface area contributed by atoms with Crippen LogP contribution in [-0.2, 0) is 6.42 Å². The Hall–Kier alpha value is -1.68. The molecule has 0 radical (unpaired) electrons. The van der Waals surface area contributed by atoms with Crippen molar-refractivity contribution in [2.24, 2.45) is 0 Å². The minimum Gasteiger partial charge on any atom is -0.497 e. The molecular weight excluding hydrogens is 256 g/mol. The highest BCUT2D eigenvalue weighted by atomic mass is 32.1. The van der Waals surface area contributed by atoms with Crippen molar-refractivity contribution in [3.05, 3.63) is 40.3 Å². The van der Waals surface area contributed by atoms with E-state index in [-0.39, 0.29) is 0 Å². The average molecular weight is 274 g/mol. The molecule has 19 heavy (non-hydrogen) atoms. The Morgan fingerprint density at radius 1 is 1.32 bits per heavy atom. The van der Waals surface area contributed by atoms with E-state index in [1.165, 1.54) is 0 Å². The highest BCUT2D eigenvalue weighted by Gasteiger charge is 2.06. The first kappa shape index (κ1) is 13.7. The number of aryl methyl sites for hydroxylation is 2. The smallest absolute Gasteiger partial charge is 0.130 e. The average Bonchev–Trinajstić information content (AvgIpc) is 2.38. The topological polar surface area (TPSA) is 37.9 Å². The predicted molar refractivity (Wildman–Crippen MR) is 80.1 cm³/mol. The molecule has 3 nitrogen and oxygen atoms in total. The highest BCUT2D eigenvalue weighted by Crippen LogP contribution is 2.25. The minimum atomic E-state index is 0.632. The van der Waals surface area contributed by atoms with Gasteiger partial charge in [0, 0.05) is 17.7 Å². The predicted octanol–water partition coefficient (Wildman–Crippen LogP) is 4.08. The first-order valence-electron chi connectivity index (χ1n) is 6.39. The molecule has 1 N–H and O–H groups in total. The van der Waals surface area contributed by atoms with Crippen molar-refractivity contribution < 1.29 is 4.74 Å². The Balaban J connectivity index is 2.49. The van der Waals surface area contributed by atoms with Crippen LogP contribution in [0.2, 0.25) is 0 Å². The second-order valence-corrected chi connectivity index (χ2v) is 4.93. The zero-order chi connectivity index (χ0) is 13.8. The van der Waals surface area contributed by atoms with Crippen molar-refractivity contribution in [2.75, 3.05) is 7.11 Å². The van der Waals surface area contributed by atoms with Crippen molar-refractivity contribution >= 4 is 12.2 Å². The molecule has 0 aliphatic heterocycles. The number of aromatic nitrogens is 2. The summed E-state index contributed by atoms with van der Waals surface area (Å²) in [6, 6.07) is 7.93. The maximum absolute atomic E-state index is 5.24. The van der Waals surface area contributed by atoms with Gasteiger partial charge in [0.1, 0.15) is 16.2 Å². The van der Waals surface area contributed by atoms with E-state index >= 15 is 0 Å². The second kappa shape index (κ2) is 5.97. The number of hydrogen-bond acceptors (Lipinski definition) is 3. The standard InChI is InChI=1S/C15H18N2OS/c1-4-5-14-16-13(9-15(19)17-14)12-7-6-11(18-3)8-10(12)2/h6-9H,4-5H2,1-3H3,(H,16,17,19). The largest absolute Gasteiger partial charge is 0.497 e. The van der Waals surface area contributed by atoms with E-state index in [4.69, 9.17) is 17.0 Å². The maximum Gasteiger partial charge on any atom is 0.130 e. The van der Waals surface area contributed by atoms with Gasteiger partial charge >= 0.3 is 0 Å². The van der Waals surface area contributed by atoms with Crippen LogP contribution in [0.5, 0.6) is 5.75 Å². The van der Waals surface area contributed by atoms with E-state index in [1.54, 1.807) is 7.11 Å². The van der Waals surface area contributed by atoms with Crippen molar-refractivity contribution in [3.63, 3.8) is 0 Å². The number of nitrogens with one attached hydrogen (secondary N) is 1. The molecule has 1 aromatic heterocycles. The Labute approximate surface area is 118 Å². The monoisotopic (exact) mass is 274 g/mol. The van der Waals surface area contributed by atoms with Crippen molar-refractivity contribution in [3.8, 4) is 17.0 Å². The molecule has 0 saturated carbocycles. The van der Waals surface area contributed by atoms with Gasteiger partial charge in [-0.2, -0.15) is 0 Å². The lowest BCUT2D eigenvalue weighted by atomic mass is 10.1. The molecular formula is C15H18N2OS. The van der Waals surface area contributed by atoms with E-state index in [0.717, 1.165) is 41.2 Å². The Kier molecular flexibility index (Phi) is 4.32. The number of aromatic amines is 1. The molecule has 4 heteroatoms. The van der Waals surface area contributed by atoms with Gasteiger partial charge in [-0.1, -0.05) is 19.1 Å². The number of methoxy groups -OCH3 is 1. The molecule has 0 spiro atoms. The lowest BCUT2D eigenvalue weighted by Gasteiger charge is -2.10. The summed E-state index contributed by atoms with van der Waals surface area (Å²) in [6.45, 7) is 4.19. The first-order valence-corrected chi connectivity index (χ1v) is 6.80. The van der Waals surface area contributed by atoms with Crippen LogP contribution >= 0.6 is 12.2 Å². The summed E-state index contributed by atoms with van der Waals surface area (Å²) in [5.41, 5.74) is 3.30. The molecule has 1 heterocycles. The normalized spacial score (nSPS) is 10.5. The van der Waals surface area contributed by atoms with Crippen LogP contribution in [0, 0.1) is 11.6 Å².